The highest BCUT2D eigenvalue weighted by Gasteiger charge is 2.35. The average Bonchev–Trinajstić information content (AvgIpc) is 2.85. The van der Waals surface area contributed by atoms with Gasteiger partial charge in [0.25, 0.3) is 0 Å². The van der Waals surface area contributed by atoms with Crippen molar-refractivity contribution in [3.05, 3.63) is 60.2 Å². The Morgan fingerprint density at radius 1 is 1.06 bits per heavy atom. The Balaban J connectivity index is 1.71. The molecule has 2 aromatic carbocycles. The van der Waals surface area contributed by atoms with Gasteiger partial charge in [-0.3, -0.25) is 14.5 Å². The Hall–Kier alpha value is -3.13. The van der Waals surface area contributed by atoms with Crippen LogP contribution in [0, 0.1) is 0 Å². The number of ether oxygens (including phenoxy) is 1. The molecule has 0 radical (unpaired) electrons. The van der Waals surface area contributed by atoms with E-state index in [4.69, 9.17) is 9.73 Å². The van der Waals surface area contributed by atoms with E-state index in [1.165, 1.54) is 31.7 Å². The summed E-state index contributed by atoms with van der Waals surface area (Å²) < 4.78 is 4.70. The molecule has 180 valence electrons. The lowest BCUT2D eigenvalue weighted by Crippen LogP contribution is -2.45. The summed E-state index contributed by atoms with van der Waals surface area (Å²) in [7, 11) is 1.32. The second-order valence-corrected chi connectivity index (χ2v) is 9.23. The Morgan fingerprint density at radius 2 is 1.76 bits per heavy atom. The lowest BCUT2D eigenvalue weighted by molar-refractivity contribution is -0.129. The molecule has 2 aromatic rings. The molecule has 1 aliphatic heterocycles. The zero-order valence-electron chi connectivity index (χ0n) is 19.7. The number of carbonyl (C=O) groups is 3. The lowest BCUT2D eigenvalue weighted by Gasteiger charge is -2.31. The van der Waals surface area contributed by atoms with Crippen molar-refractivity contribution in [3.8, 4) is 0 Å². The number of unbranched alkanes of at least 4 members (excludes halogenated alkanes) is 4. The third-order valence-electron chi connectivity index (χ3n) is 5.47. The van der Waals surface area contributed by atoms with E-state index in [0.29, 0.717) is 23.0 Å². The molecule has 1 aliphatic rings. The van der Waals surface area contributed by atoms with Gasteiger partial charge in [-0.2, -0.15) is 0 Å². The van der Waals surface area contributed by atoms with Crippen LogP contribution in [0.1, 0.15) is 55.8 Å². The zero-order chi connectivity index (χ0) is 24.3. The van der Waals surface area contributed by atoms with Crippen molar-refractivity contribution in [1.82, 2.24) is 4.90 Å². The molecule has 2 amide bonds. The molecule has 0 aromatic heterocycles. The van der Waals surface area contributed by atoms with Gasteiger partial charge in [0.15, 0.2) is 5.17 Å². The van der Waals surface area contributed by atoms with E-state index in [0.717, 1.165) is 24.9 Å². The number of nitrogens with zero attached hydrogens (tertiary/aromatic N) is 2. The number of methoxy groups -OCH3 is 1. The first kappa shape index (κ1) is 25.5. The van der Waals surface area contributed by atoms with Crippen LogP contribution in [0.4, 0.5) is 11.4 Å². The predicted molar refractivity (Wildman–Crippen MR) is 136 cm³/mol. The van der Waals surface area contributed by atoms with Gasteiger partial charge in [-0.1, -0.05) is 62.6 Å². The maximum Gasteiger partial charge on any atom is 0.337 e. The van der Waals surface area contributed by atoms with Gasteiger partial charge in [-0.25, -0.2) is 9.79 Å². The Bertz CT molecular complexity index is 1010. The van der Waals surface area contributed by atoms with Gasteiger partial charge in [0, 0.05) is 18.7 Å². The van der Waals surface area contributed by atoms with Crippen LogP contribution in [0.2, 0.25) is 0 Å². The number of benzene rings is 2. The standard InChI is InChI=1S/C26H31N3O4S/c1-3-4-5-6-10-17-29-23(30)18-22(34-26(29)28-20-11-8-7-9-12-20)24(31)27-21-15-13-19(14-16-21)25(32)33-2/h7-9,11-16,22H,3-6,10,17-18H2,1-2H3,(H,27,31). The van der Waals surface area contributed by atoms with E-state index in [1.54, 1.807) is 29.2 Å². The summed E-state index contributed by atoms with van der Waals surface area (Å²) in [5.41, 5.74) is 1.69. The number of carbonyl (C=O) groups excluding carboxylic acids is 3. The molecule has 1 heterocycles. The lowest BCUT2D eigenvalue weighted by atomic mass is 10.1. The summed E-state index contributed by atoms with van der Waals surface area (Å²) in [5.74, 6) is -0.805. The second-order valence-electron chi connectivity index (χ2n) is 8.06. The van der Waals surface area contributed by atoms with Crippen molar-refractivity contribution in [2.75, 3.05) is 19.0 Å². The van der Waals surface area contributed by atoms with Crippen LogP contribution in [-0.2, 0) is 14.3 Å². The van der Waals surface area contributed by atoms with Crippen LogP contribution in [0.5, 0.6) is 0 Å². The summed E-state index contributed by atoms with van der Waals surface area (Å²) in [6, 6.07) is 15.9. The Morgan fingerprint density at radius 3 is 2.44 bits per heavy atom. The van der Waals surface area contributed by atoms with E-state index < -0.39 is 11.2 Å². The fourth-order valence-electron chi connectivity index (χ4n) is 3.58. The van der Waals surface area contributed by atoms with Crippen LogP contribution >= 0.6 is 11.8 Å². The van der Waals surface area contributed by atoms with Crippen molar-refractivity contribution >= 4 is 46.1 Å². The van der Waals surface area contributed by atoms with Gasteiger partial charge in [0.2, 0.25) is 11.8 Å². The summed E-state index contributed by atoms with van der Waals surface area (Å²) in [4.78, 5) is 44.0. The molecule has 1 saturated heterocycles. The van der Waals surface area contributed by atoms with Crippen molar-refractivity contribution < 1.29 is 19.1 Å². The van der Waals surface area contributed by atoms with E-state index in [-0.39, 0.29) is 18.2 Å². The van der Waals surface area contributed by atoms with Crippen LogP contribution in [0.15, 0.2) is 59.6 Å². The van der Waals surface area contributed by atoms with Gasteiger partial charge in [0.05, 0.1) is 18.4 Å². The number of anilines is 1. The first-order valence-electron chi connectivity index (χ1n) is 11.6. The number of thioether (sulfide) groups is 1. The van der Waals surface area contributed by atoms with Gasteiger partial charge in [-0.05, 0) is 42.8 Å². The van der Waals surface area contributed by atoms with Crippen LogP contribution in [0.3, 0.4) is 0 Å². The monoisotopic (exact) mass is 481 g/mol. The average molecular weight is 482 g/mol. The Labute approximate surface area is 205 Å². The first-order chi connectivity index (χ1) is 16.5. The minimum absolute atomic E-state index is 0.0925. The molecule has 1 atom stereocenters. The van der Waals surface area contributed by atoms with E-state index in [2.05, 4.69) is 12.2 Å². The molecule has 1 N–H and O–H groups in total. The third-order valence-corrected chi connectivity index (χ3v) is 6.66. The molecule has 0 aliphatic carbocycles. The molecular formula is C26H31N3O4S. The number of esters is 1. The summed E-state index contributed by atoms with van der Waals surface area (Å²) in [6.45, 7) is 2.78. The fraction of sp³-hybridized carbons (Fsp3) is 0.385. The van der Waals surface area contributed by atoms with Crippen molar-refractivity contribution in [2.45, 2.75) is 50.7 Å². The molecule has 0 saturated carbocycles. The topological polar surface area (TPSA) is 88.1 Å². The highest BCUT2D eigenvalue weighted by Crippen LogP contribution is 2.30. The maximum atomic E-state index is 13.0. The highest BCUT2D eigenvalue weighted by atomic mass is 32.2. The summed E-state index contributed by atoms with van der Waals surface area (Å²) in [5, 5.41) is 2.81. The van der Waals surface area contributed by atoms with Crippen molar-refractivity contribution in [3.63, 3.8) is 0 Å². The minimum atomic E-state index is -0.591. The maximum absolute atomic E-state index is 13.0. The number of amidine groups is 1. The number of para-hydroxylation sites is 1. The molecule has 7 nitrogen and oxygen atoms in total. The van der Waals surface area contributed by atoms with Crippen LogP contribution in [-0.4, -0.2) is 46.8 Å². The number of hydrogen-bond acceptors (Lipinski definition) is 6. The molecule has 3 rings (SSSR count). The molecular weight excluding hydrogens is 450 g/mol. The normalized spacial score (nSPS) is 17.0. The molecule has 8 heteroatoms. The number of amides is 2. The highest BCUT2D eigenvalue weighted by molar-refractivity contribution is 8.15. The molecule has 0 spiro atoms. The van der Waals surface area contributed by atoms with Crippen LogP contribution < -0.4 is 5.32 Å². The van der Waals surface area contributed by atoms with Crippen molar-refractivity contribution in [1.29, 1.82) is 0 Å². The SMILES string of the molecule is CCCCCCCN1C(=O)CC(C(=O)Nc2ccc(C(=O)OC)cc2)SC1=Nc1ccccc1. The first-order valence-corrected chi connectivity index (χ1v) is 12.5. The quantitative estimate of drug-likeness (QED) is 0.362. The number of nitrogens with one attached hydrogen (secondary N) is 1. The zero-order valence-corrected chi connectivity index (χ0v) is 20.5. The summed E-state index contributed by atoms with van der Waals surface area (Å²) in [6.07, 6.45) is 5.59. The minimum Gasteiger partial charge on any atom is -0.465 e. The van der Waals surface area contributed by atoms with Gasteiger partial charge in [-0.15, -0.1) is 0 Å². The van der Waals surface area contributed by atoms with E-state index in [1.807, 2.05) is 30.3 Å². The molecule has 1 unspecified atom stereocenters. The van der Waals surface area contributed by atoms with Gasteiger partial charge >= 0.3 is 5.97 Å². The number of aliphatic imine (C=N–C) groups is 1. The molecule has 34 heavy (non-hydrogen) atoms. The van der Waals surface area contributed by atoms with E-state index >= 15 is 0 Å². The van der Waals surface area contributed by atoms with E-state index in [9.17, 15) is 14.4 Å². The Kier molecular flexibility index (Phi) is 9.70. The fourth-order valence-corrected chi connectivity index (χ4v) is 4.70. The third kappa shape index (κ3) is 7.18. The smallest absolute Gasteiger partial charge is 0.337 e. The second kappa shape index (κ2) is 12.9. The largest absolute Gasteiger partial charge is 0.465 e. The van der Waals surface area contributed by atoms with Crippen molar-refractivity contribution in [2.24, 2.45) is 4.99 Å². The van der Waals surface area contributed by atoms with Gasteiger partial charge < -0.3 is 10.1 Å². The van der Waals surface area contributed by atoms with Gasteiger partial charge in [0.1, 0.15) is 5.25 Å². The molecule has 1 fully saturated rings. The number of rotatable bonds is 10. The van der Waals surface area contributed by atoms with Crippen LogP contribution in [0.25, 0.3) is 0 Å². The summed E-state index contributed by atoms with van der Waals surface area (Å²) >= 11 is 1.31. The predicted octanol–water partition coefficient (Wildman–Crippen LogP) is 5.40. The number of hydrogen-bond donors (Lipinski definition) is 1. The molecule has 0 bridgehead atoms.